The molecule has 3 saturated carbocycles. The van der Waals surface area contributed by atoms with E-state index in [-0.39, 0.29) is 6.04 Å². The second kappa shape index (κ2) is 5.44. The first-order valence-corrected chi connectivity index (χ1v) is 10.2. The van der Waals surface area contributed by atoms with Gasteiger partial charge in [-0.2, -0.15) is 0 Å². The Balaban J connectivity index is 1.45. The fraction of sp³-hybridized carbons (Fsp3) is 0.632. The van der Waals surface area contributed by atoms with Gasteiger partial charge in [0, 0.05) is 34.9 Å². The number of nitrogens with zero attached hydrogens (tertiary/aromatic N) is 1. The number of amides is 1. The van der Waals surface area contributed by atoms with Crippen LogP contribution in [0, 0.1) is 29.6 Å². The summed E-state index contributed by atoms with van der Waals surface area (Å²) in [7, 11) is 0.987. The van der Waals surface area contributed by atoms with Gasteiger partial charge in [-0.3, -0.25) is 9.00 Å². The van der Waals surface area contributed by atoms with Gasteiger partial charge in [-0.1, -0.05) is 12.1 Å². The van der Waals surface area contributed by atoms with Gasteiger partial charge in [0.1, 0.15) is 0 Å². The van der Waals surface area contributed by atoms with Crippen LogP contribution < -0.4 is 0 Å². The van der Waals surface area contributed by atoms with Crippen molar-refractivity contribution in [2.75, 3.05) is 13.3 Å². The Kier molecular flexibility index (Phi) is 3.63. The van der Waals surface area contributed by atoms with E-state index in [9.17, 15) is 9.00 Å². The molecule has 0 saturated heterocycles. The minimum atomic E-state index is -0.952. The molecule has 3 fully saturated rings. The Labute approximate surface area is 140 Å². The molecule has 0 heterocycles. The zero-order valence-electron chi connectivity index (χ0n) is 14.1. The second-order valence-electron chi connectivity index (χ2n) is 7.66. The van der Waals surface area contributed by atoms with Crippen molar-refractivity contribution in [2.24, 2.45) is 29.6 Å². The minimum absolute atomic E-state index is 0.0702. The maximum absolute atomic E-state index is 12.9. The van der Waals surface area contributed by atoms with Gasteiger partial charge >= 0.3 is 0 Å². The third kappa shape index (κ3) is 2.37. The number of rotatable bonds is 4. The molecule has 7 atom stereocenters. The average Bonchev–Trinajstić information content (AvgIpc) is 2.99. The van der Waals surface area contributed by atoms with E-state index in [1.807, 2.05) is 36.2 Å². The van der Waals surface area contributed by atoms with Gasteiger partial charge in [0.2, 0.25) is 5.91 Å². The molecule has 4 heteroatoms. The number of carbonyl (C=O) groups excluding carboxylic acids is 1. The fourth-order valence-electron chi connectivity index (χ4n) is 5.24. The quantitative estimate of drug-likeness (QED) is 0.849. The van der Waals surface area contributed by atoms with Gasteiger partial charge < -0.3 is 4.90 Å². The van der Waals surface area contributed by atoms with E-state index in [1.165, 1.54) is 19.3 Å². The molecule has 3 aliphatic rings. The monoisotopic (exact) mass is 331 g/mol. The van der Waals surface area contributed by atoms with Crippen molar-refractivity contribution >= 4 is 16.7 Å². The van der Waals surface area contributed by atoms with Gasteiger partial charge in [-0.15, -0.1) is 0 Å². The van der Waals surface area contributed by atoms with E-state index in [4.69, 9.17) is 0 Å². The van der Waals surface area contributed by atoms with Crippen LogP contribution in [0.4, 0.5) is 0 Å². The van der Waals surface area contributed by atoms with Crippen LogP contribution in [0.5, 0.6) is 0 Å². The molecule has 1 unspecified atom stereocenters. The van der Waals surface area contributed by atoms with Crippen LogP contribution >= 0.6 is 0 Å². The van der Waals surface area contributed by atoms with Gasteiger partial charge in [-0.25, -0.2) is 0 Å². The highest BCUT2D eigenvalue weighted by Crippen LogP contribution is 2.69. The lowest BCUT2D eigenvalue weighted by atomic mass is 10.0. The van der Waals surface area contributed by atoms with Gasteiger partial charge in [-0.05, 0) is 67.6 Å². The van der Waals surface area contributed by atoms with E-state index < -0.39 is 10.8 Å². The van der Waals surface area contributed by atoms with Gasteiger partial charge in [0.15, 0.2) is 0 Å². The summed E-state index contributed by atoms with van der Waals surface area (Å²) >= 11 is 0. The summed E-state index contributed by atoms with van der Waals surface area (Å²) in [5.41, 5.74) is 1.11. The summed E-state index contributed by atoms with van der Waals surface area (Å²) < 4.78 is 11.5. The van der Waals surface area contributed by atoms with Crippen LogP contribution in [0.1, 0.15) is 37.8 Å². The van der Waals surface area contributed by atoms with Crippen LogP contribution in [-0.4, -0.2) is 28.3 Å². The van der Waals surface area contributed by atoms with Crippen LogP contribution in [-0.2, 0) is 15.6 Å². The highest BCUT2D eigenvalue weighted by molar-refractivity contribution is 7.84. The van der Waals surface area contributed by atoms with Crippen LogP contribution in [0.25, 0.3) is 0 Å². The Morgan fingerprint density at radius 3 is 2.26 bits per heavy atom. The van der Waals surface area contributed by atoms with E-state index in [1.54, 1.807) is 6.26 Å². The lowest BCUT2D eigenvalue weighted by molar-refractivity contribution is -0.134. The topological polar surface area (TPSA) is 37.4 Å². The van der Waals surface area contributed by atoms with Crippen molar-refractivity contribution in [2.45, 2.75) is 37.1 Å². The highest BCUT2D eigenvalue weighted by Gasteiger charge is 2.67. The number of hydrogen-bond donors (Lipinski definition) is 0. The molecule has 0 aromatic heterocycles. The fourth-order valence-corrected chi connectivity index (χ4v) is 5.76. The predicted octanol–water partition coefficient (Wildman–Crippen LogP) is 3.24. The third-order valence-electron chi connectivity index (χ3n) is 6.64. The first kappa shape index (κ1) is 15.4. The lowest BCUT2D eigenvalue weighted by Gasteiger charge is -2.26. The van der Waals surface area contributed by atoms with Gasteiger partial charge in [0.25, 0.3) is 0 Å². The zero-order chi connectivity index (χ0) is 16.3. The standard InChI is InChI=1S/C19H25NO2S/c1-11(12-6-8-15(9-7-12)23(3)22)20(2)19(21)18-16-13-4-5-14(10-13)17(16)18/h6-9,11,13-14,16-18H,4-5,10H2,1-3H3/t11-,13+,14+,16-,17+,18?,23+/m1/s1. The molecule has 1 amide bonds. The van der Waals surface area contributed by atoms with Crippen molar-refractivity contribution < 1.29 is 9.00 Å². The summed E-state index contributed by atoms with van der Waals surface area (Å²) in [4.78, 5) is 15.7. The molecule has 1 aromatic rings. The molecular formula is C19H25NO2S. The summed E-state index contributed by atoms with van der Waals surface area (Å²) in [6, 6.07) is 7.89. The van der Waals surface area contributed by atoms with E-state index >= 15 is 0 Å². The number of hydrogen-bond acceptors (Lipinski definition) is 2. The van der Waals surface area contributed by atoms with Crippen LogP contribution in [0.2, 0.25) is 0 Å². The number of carbonyl (C=O) groups is 1. The Hall–Kier alpha value is -1.16. The molecule has 0 N–H and O–H groups in total. The van der Waals surface area contributed by atoms with Crippen molar-refractivity contribution in [1.29, 1.82) is 0 Å². The largest absolute Gasteiger partial charge is 0.339 e. The SMILES string of the molecule is C[C@H](c1ccc([S@](C)=O)cc1)N(C)C(=O)C1[C@@H]2[C@H]3CC[C@@H](C3)[C@H]12. The molecule has 23 heavy (non-hydrogen) atoms. The second-order valence-corrected chi connectivity index (χ2v) is 9.04. The normalized spacial score (nSPS) is 36.4. The zero-order valence-corrected chi connectivity index (χ0v) is 14.9. The smallest absolute Gasteiger partial charge is 0.226 e. The molecule has 4 rings (SSSR count). The van der Waals surface area contributed by atoms with Crippen LogP contribution in [0.3, 0.4) is 0 Å². The summed E-state index contributed by atoms with van der Waals surface area (Å²) in [5.74, 6) is 3.70. The maximum Gasteiger partial charge on any atom is 0.226 e. The first-order chi connectivity index (χ1) is 11.0. The van der Waals surface area contributed by atoms with Crippen molar-refractivity contribution in [3.05, 3.63) is 29.8 Å². The summed E-state index contributed by atoms with van der Waals surface area (Å²) in [5, 5.41) is 0. The molecule has 3 nitrogen and oxygen atoms in total. The molecule has 2 bridgehead atoms. The Bertz CT molecular complexity index is 640. The number of benzene rings is 1. The van der Waals surface area contributed by atoms with E-state index in [0.717, 1.165) is 22.3 Å². The first-order valence-electron chi connectivity index (χ1n) is 8.69. The van der Waals surface area contributed by atoms with Crippen molar-refractivity contribution in [3.8, 4) is 0 Å². The molecule has 0 spiro atoms. The molecule has 3 aliphatic carbocycles. The molecular weight excluding hydrogens is 306 g/mol. The molecule has 0 radical (unpaired) electrons. The van der Waals surface area contributed by atoms with Crippen LogP contribution in [0.15, 0.2) is 29.2 Å². The Morgan fingerprint density at radius 1 is 1.17 bits per heavy atom. The van der Waals surface area contributed by atoms with Crippen molar-refractivity contribution in [3.63, 3.8) is 0 Å². The molecule has 0 aliphatic heterocycles. The number of fused-ring (bicyclic) bond motifs is 5. The molecule has 124 valence electrons. The average molecular weight is 331 g/mol. The Morgan fingerprint density at radius 2 is 1.74 bits per heavy atom. The highest BCUT2D eigenvalue weighted by atomic mass is 32.2. The molecule has 1 aromatic carbocycles. The van der Waals surface area contributed by atoms with Crippen molar-refractivity contribution in [1.82, 2.24) is 4.90 Å². The lowest BCUT2D eigenvalue weighted by Crippen LogP contribution is -2.32. The predicted molar refractivity (Wildman–Crippen MR) is 91.3 cm³/mol. The summed E-state index contributed by atoms with van der Waals surface area (Å²) in [6.07, 6.45) is 5.78. The van der Waals surface area contributed by atoms with E-state index in [0.29, 0.717) is 23.7 Å². The minimum Gasteiger partial charge on any atom is -0.339 e. The summed E-state index contributed by atoms with van der Waals surface area (Å²) in [6.45, 7) is 2.09. The van der Waals surface area contributed by atoms with E-state index in [2.05, 4.69) is 6.92 Å². The third-order valence-corrected chi connectivity index (χ3v) is 7.58. The maximum atomic E-state index is 12.9. The van der Waals surface area contributed by atoms with Gasteiger partial charge in [0.05, 0.1) is 6.04 Å².